The minimum absolute atomic E-state index is 0.258. The maximum absolute atomic E-state index is 11.3. The molecular weight excluding hydrogens is 232 g/mol. The van der Waals surface area contributed by atoms with Crippen molar-refractivity contribution in [3.05, 3.63) is 35.4 Å². The van der Waals surface area contributed by atoms with E-state index in [4.69, 9.17) is 5.73 Å². The summed E-state index contributed by atoms with van der Waals surface area (Å²) in [6.07, 6.45) is 0.258. The van der Waals surface area contributed by atoms with E-state index in [0.717, 1.165) is 11.1 Å². The number of nitrogens with zero attached hydrogens (tertiary/aromatic N) is 1. The third-order valence-electron chi connectivity index (χ3n) is 3.24. The number of rotatable bonds is 4. The molecule has 2 rings (SSSR count). The van der Waals surface area contributed by atoms with E-state index in [1.807, 2.05) is 29.2 Å². The monoisotopic (exact) mass is 248 g/mol. The van der Waals surface area contributed by atoms with Crippen molar-refractivity contribution in [2.24, 2.45) is 5.73 Å². The summed E-state index contributed by atoms with van der Waals surface area (Å²) in [6, 6.07) is 7.55. The van der Waals surface area contributed by atoms with Crippen LogP contribution in [0.4, 0.5) is 0 Å². The number of carbonyl (C=O) groups is 2. The highest BCUT2D eigenvalue weighted by molar-refractivity contribution is 5.77. The van der Waals surface area contributed by atoms with Crippen LogP contribution in [0.3, 0.4) is 0 Å². The van der Waals surface area contributed by atoms with Crippen molar-refractivity contribution in [2.45, 2.75) is 18.9 Å². The summed E-state index contributed by atoms with van der Waals surface area (Å²) in [5, 5.41) is 9.26. The molecule has 5 nitrogen and oxygen atoms in total. The van der Waals surface area contributed by atoms with Gasteiger partial charge in [-0.05, 0) is 11.1 Å². The molecule has 0 aromatic heterocycles. The molecule has 1 heterocycles. The van der Waals surface area contributed by atoms with Crippen LogP contribution in [0.2, 0.25) is 0 Å². The van der Waals surface area contributed by atoms with Gasteiger partial charge in [0.15, 0.2) is 0 Å². The van der Waals surface area contributed by atoms with Crippen LogP contribution in [0.1, 0.15) is 23.5 Å². The number of hydrogen-bond donors (Lipinski definition) is 2. The van der Waals surface area contributed by atoms with Gasteiger partial charge >= 0.3 is 5.97 Å². The topological polar surface area (TPSA) is 83.6 Å². The minimum atomic E-state index is -0.828. The Morgan fingerprint density at radius 3 is 2.78 bits per heavy atom. The van der Waals surface area contributed by atoms with Gasteiger partial charge in [0.1, 0.15) is 0 Å². The molecule has 0 aliphatic carbocycles. The third-order valence-corrected chi connectivity index (χ3v) is 3.24. The predicted molar refractivity (Wildman–Crippen MR) is 65.9 cm³/mol. The first-order valence-electron chi connectivity index (χ1n) is 5.89. The first kappa shape index (κ1) is 12.6. The lowest BCUT2D eigenvalue weighted by Crippen LogP contribution is -2.38. The van der Waals surface area contributed by atoms with Crippen LogP contribution < -0.4 is 5.73 Å². The minimum Gasteiger partial charge on any atom is -0.481 e. The highest BCUT2D eigenvalue weighted by Gasteiger charge is 2.29. The summed E-state index contributed by atoms with van der Waals surface area (Å²) < 4.78 is 0. The van der Waals surface area contributed by atoms with Crippen LogP contribution in [0.25, 0.3) is 0 Å². The number of fused-ring (bicyclic) bond motifs is 1. The van der Waals surface area contributed by atoms with Gasteiger partial charge in [-0.15, -0.1) is 0 Å². The van der Waals surface area contributed by atoms with Crippen molar-refractivity contribution < 1.29 is 14.7 Å². The fraction of sp³-hybridized carbons (Fsp3) is 0.385. The Hall–Kier alpha value is -1.88. The molecule has 1 unspecified atom stereocenters. The van der Waals surface area contributed by atoms with E-state index in [2.05, 4.69) is 0 Å². The second-order valence-corrected chi connectivity index (χ2v) is 4.54. The zero-order valence-corrected chi connectivity index (χ0v) is 10.0. The molecular formula is C13H16N2O3. The molecule has 1 atom stereocenters. The van der Waals surface area contributed by atoms with E-state index >= 15 is 0 Å². The highest BCUT2D eigenvalue weighted by Crippen LogP contribution is 2.28. The smallest absolute Gasteiger partial charge is 0.312 e. The molecule has 0 bridgehead atoms. The number of primary amides is 1. The van der Waals surface area contributed by atoms with E-state index in [9.17, 15) is 14.7 Å². The Balaban J connectivity index is 2.18. The fourth-order valence-corrected chi connectivity index (χ4v) is 2.33. The molecule has 0 fully saturated rings. The number of aliphatic carboxylic acids is 1. The van der Waals surface area contributed by atoms with E-state index in [0.29, 0.717) is 19.6 Å². The number of nitrogens with two attached hydrogens (primary N) is 1. The summed E-state index contributed by atoms with van der Waals surface area (Å²) in [4.78, 5) is 24.0. The van der Waals surface area contributed by atoms with Crippen LogP contribution in [0.15, 0.2) is 24.3 Å². The second kappa shape index (κ2) is 5.18. The van der Waals surface area contributed by atoms with Crippen LogP contribution >= 0.6 is 0 Å². The van der Waals surface area contributed by atoms with Gasteiger partial charge < -0.3 is 10.8 Å². The van der Waals surface area contributed by atoms with Crippen molar-refractivity contribution in [3.63, 3.8) is 0 Å². The van der Waals surface area contributed by atoms with Gasteiger partial charge in [0.25, 0.3) is 0 Å². The van der Waals surface area contributed by atoms with Gasteiger partial charge in [0.05, 0.1) is 5.92 Å². The zero-order valence-electron chi connectivity index (χ0n) is 10.0. The summed E-state index contributed by atoms with van der Waals surface area (Å²) >= 11 is 0. The third kappa shape index (κ3) is 2.68. The van der Waals surface area contributed by atoms with Crippen molar-refractivity contribution >= 4 is 11.9 Å². The Morgan fingerprint density at radius 2 is 2.11 bits per heavy atom. The molecule has 1 aliphatic heterocycles. The van der Waals surface area contributed by atoms with Crippen molar-refractivity contribution in [1.29, 1.82) is 0 Å². The summed E-state index contributed by atoms with van der Waals surface area (Å²) in [5.74, 6) is -1.71. The summed E-state index contributed by atoms with van der Waals surface area (Å²) in [7, 11) is 0. The second-order valence-electron chi connectivity index (χ2n) is 4.54. The molecule has 3 N–H and O–H groups in total. The fourth-order valence-electron chi connectivity index (χ4n) is 2.33. The molecule has 1 aromatic carbocycles. The van der Waals surface area contributed by atoms with Gasteiger partial charge in [0.2, 0.25) is 5.91 Å². The van der Waals surface area contributed by atoms with E-state index in [-0.39, 0.29) is 12.3 Å². The van der Waals surface area contributed by atoms with E-state index < -0.39 is 11.9 Å². The standard InChI is InChI=1S/C13H16N2O3/c14-12(16)5-6-15-7-9-3-1-2-4-10(9)11(8-15)13(17)18/h1-4,11H,5-8H2,(H2,14,16)(H,17,18). The lowest BCUT2D eigenvalue weighted by Gasteiger charge is -2.32. The van der Waals surface area contributed by atoms with Crippen molar-refractivity contribution in [1.82, 2.24) is 4.90 Å². The first-order valence-corrected chi connectivity index (χ1v) is 5.89. The molecule has 0 saturated heterocycles. The van der Waals surface area contributed by atoms with Crippen molar-refractivity contribution in [2.75, 3.05) is 13.1 Å². The normalized spacial score (nSPS) is 19.2. The largest absolute Gasteiger partial charge is 0.481 e. The Labute approximate surface area is 105 Å². The molecule has 1 amide bonds. The van der Waals surface area contributed by atoms with E-state index in [1.165, 1.54) is 0 Å². The number of benzene rings is 1. The van der Waals surface area contributed by atoms with Crippen LogP contribution in [0, 0.1) is 0 Å². The average Bonchev–Trinajstić information content (AvgIpc) is 2.35. The van der Waals surface area contributed by atoms with Crippen molar-refractivity contribution in [3.8, 4) is 0 Å². The molecule has 0 radical (unpaired) electrons. The summed E-state index contributed by atoms with van der Waals surface area (Å²) in [6.45, 7) is 1.61. The van der Waals surface area contributed by atoms with Gasteiger partial charge in [-0.3, -0.25) is 14.5 Å². The number of carboxylic acid groups (broad SMARTS) is 1. The molecule has 1 aromatic rings. The van der Waals surface area contributed by atoms with Gasteiger partial charge in [0, 0.05) is 26.1 Å². The maximum Gasteiger partial charge on any atom is 0.312 e. The number of amides is 1. The molecule has 18 heavy (non-hydrogen) atoms. The number of carboxylic acids is 1. The SMILES string of the molecule is NC(=O)CCN1Cc2ccccc2C(C(=O)O)C1. The Bertz CT molecular complexity index is 473. The number of hydrogen-bond acceptors (Lipinski definition) is 3. The average molecular weight is 248 g/mol. The highest BCUT2D eigenvalue weighted by atomic mass is 16.4. The van der Waals surface area contributed by atoms with E-state index in [1.54, 1.807) is 0 Å². The first-order chi connectivity index (χ1) is 8.58. The molecule has 1 aliphatic rings. The number of carbonyl (C=O) groups excluding carboxylic acids is 1. The van der Waals surface area contributed by atoms with Crippen LogP contribution in [0.5, 0.6) is 0 Å². The lowest BCUT2D eigenvalue weighted by molar-refractivity contribution is -0.139. The Morgan fingerprint density at radius 1 is 1.39 bits per heavy atom. The van der Waals surface area contributed by atoms with Crippen LogP contribution in [-0.2, 0) is 16.1 Å². The van der Waals surface area contributed by atoms with Gasteiger partial charge in [-0.2, -0.15) is 0 Å². The Kier molecular flexibility index (Phi) is 3.62. The zero-order chi connectivity index (χ0) is 13.1. The van der Waals surface area contributed by atoms with Gasteiger partial charge in [-0.1, -0.05) is 24.3 Å². The molecule has 0 saturated carbocycles. The molecule has 5 heteroatoms. The molecule has 96 valence electrons. The molecule has 0 spiro atoms. The van der Waals surface area contributed by atoms with Gasteiger partial charge in [-0.25, -0.2) is 0 Å². The van der Waals surface area contributed by atoms with Crippen LogP contribution in [-0.4, -0.2) is 35.0 Å². The predicted octanol–water partition coefficient (Wildman–Crippen LogP) is 0.546. The maximum atomic E-state index is 11.3. The lowest BCUT2D eigenvalue weighted by atomic mass is 9.90. The quantitative estimate of drug-likeness (QED) is 0.814. The summed E-state index contributed by atoms with van der Waals surface area (Å²) in [5.41, 5.74) is 7.01.